The molecule has 0 spiro atoms. The number of carbonyl (C=O) groups excluding carboxylic acids is 3. The highest BCUT2D eigenvalue weighted by Gasteiger charge is 2.38. The van der Waals surface area contributed by atoms with Crippen molar-refractivity contribution in [2.24, 2.45) is 5.92 Å². The number of hydrogen-bond donors (Lipinski definition) is 1. The van der Waals surface area contributed by atoms with Crippen LogP contribution in [0.15, 0.2) is 60.7 Å². The van der Waals surface area contributed by atoms with Crippen LogP contribution >= 0.6 is 11.6 Å². The van der Waals surface area contributed by atoms with Crippen molar-refractivity contribution in [3.05, 3.63) is 87.9 Å². The molecule has 6 nitrogen and oxygen atoms in total. The van der Waals surface area contributed by atoms with Crippen LogP contribution in [0.4, 0.5) is 5.69 Å². The van der Waals surface area contributed by atoms with E-state index in [-0.39, 0.29) is 17.7 Å². The fourth-order valence-corrected chi connectivity index (χ4v) is 5.32. The third-order valence-electron chi connectivity index (χ3n) is 7.17. The zero-order valence-corrected chi connectivity index (χ0v) is 23.7. The summed E-state index contributed by atoms with van der Waals surface area (Å²) in [6, 6.07) is 18.0. The van der Waals surface area contributed by atoms with E-state index in [1.807, 2.05) is 62.4 Å². The monoisotopic (exact) mass is 546 g/mol. The van der Waals surface area contributed by atoms with Gasteiger partial charge in [0.1, 0.15) is 6.04 Å². The van der Waals surface area contributed by atoms with Gasteiger partial charge in [0.25, 0.3) is 11.8 Å². The van der Waals surface area contributed by atoms with Crippen molar-refractivity contribution in [2.45, 2.75) is 59.0 Å². The lowest BCUT2D eigenvalue weighted by atomic mass is 10.00. The van der Waals surface area contributed by atoms with Gasteiger partial charge in [-0.05, 0) is 65.8 Å². The fourth-order valence-electron chi connectivity index (χ4n) is 5.03. The molecule has 1 heterocycles. The number of benzene rings is 3. The average molecular weight is 547 g/mol. The summed E-state index contributed by atoms with van der Waals surface area (Å²) >= 11 is 6.64. The maximum atomic E-state index is 13.3. The molecule has 1 aliphatic rings. The maximum absolute atomic E-state index is 13.3. The highest BCUT2D eigenvalue weighted by atomic mass is 35.5. The van der Waals surface area contributed by atoms with Crippen LogP contribution in [-0.2, 0) is 22.5 Å². The van der Waals surface area contributed by atoms with Crippen LogP contribution in [0.5, 0.6) is 0 Å². The van der Waals surface area contributed by atoms with E-state index >= 15 is 0 Å². The van der Waals surface area contributed by atoms with Gasteiger partial charge in [-0.15, -0.1) is 0 Å². The van der Waals surface area contributed by atoms with Crippen LogP contribution in [0.1, 0.15) is 71.9 Å². The molecular formula is C32H35ClN2O4. The number of amides is 2. The van der Waals surface area contributed by atoms with Crippen molar-refractivity contribution in [1.82, 2.24) is 4.90 Å². The Bertz CT molecular complexity index is 1370. The predicted octanol–water partition coefficient (Wildman–Crippen LogP) is 7.15. The second-order valence-corrected chi connectivity index (χ2v) is 10.7. The molecule has 0 radical (unpaired) electrons. The molecule has 0 saturated heterocycles. The summed E-state index contributed by atoms with van der Waals surface area (Å²) in [5.74, 6) is -0.911. The van der Waals surface area contributed by atoms with E-state index in [0.29, 0.717) is 28.4 Å². The molecule has 39 heavy (non-hydrogen) atoms. The van der Waals surface area contributed by atoms with E-state index in [0.717, 1.165) is 29.5 Å². The maximum Gasteiger partial charge on any atom is 0.328 e. The molecule has 1 N–H and O–H groups in total. The molecule has 1 unspecified atom stereocenters. The van der Waals surface area contributed by atoms with Crippen molar-refractivity contribution in [3.8, 4) is 11.1 Å². The molecule has 7 heteroatoms. The fraction of sp³-hybridized carbons (Fsp3) is 0.344. The Balaban J connectivity index is 1.48. The van der Waals surface area contributed by atoms with Crippen molar-refractivity contribution < 1.29 is 19.1 Å². The van der Waals surface area contributed by atoms with Crippen LogP contribution in [0, 0.1) is 5.92 Å². The van der Waals surface area contributed by atoms with Crippen molar-refractivity contribution in [3.63, 3.8) is 0 Å². The smallest absolute Gasteiger partial charge is 0.328 e. The van der Waals surface area contributed by atoms with E-state index in [1.165, 1.54) is 25.5 Å². The third-order valence-corrected chi connectivity index (χ3v) is 7.49. The molecular weight excluding hydrogens is 512 g/mol. The normalized spacial score (nSPS) is 13.4. The molecule has 4 rings (SSSR count). The van der Waals surface area contributed by atoms with Gasteiger partial charge in [0, 0.05) is 28.9 Å². The second kappa shape index (κ2) is 12.5. The number of halogens is 1. The van der Waals surface area contributed by atoms with Crippen molar-refractivity contribution in [2.75, 3.05) is 12.4 Å². The van der Waals surface area contributed by atoms with Crippen LogP contribution in [0.2, 0.25) is 5.02 Å². The molecule has 0 fully saturated rings. The standard InChI is InChI=1S/C32H35ClN2O4/c1-5-6-7-8-21-9-11-22(12-10-21)30(36)34-25-15-16-26(28(33)18-25)23-13-14-24-19-35(31(37)27(24)17-23)29(20(2)3)32(38)39-4/h9-18,20,29H,5-8,19H2,1-4H3,(H,34,36). The topological polar surface area (TPSA) is 75.7 Å². The number of rotatable bonds is 10. The highest BCUT2D eigenvalue weighted by molar-refractivity contribution is 6.33. The summed E-state index contributed by atoms with van der Waals surface area (Å²) in [5, 5.41) is 3.37. The number of hydrogen-bond acceptors (Lipinski definition) is 4. The third kappa shape index (κ3) is 6.34. The minimum absolute atomic E-state index is 0.0869. The largest absolute Gasteiger partial charge is 0.467 e. The van der Waals surface area contributed by atoms with Crippen LogP contribution < -0.4 is 5.32 Å². The van der Waals surface area contributed by atoms with Crippen molar-refractivity contribution in [1.29, 1.82) is 0 Å². The van der Waals surface area contributed by atoms with Gasteiger partial charge >= 0.3 is 5.97 Å². The quantitative estimate of drug-likeness (QED) is 0.216. The number of methoxy groups -OCH3 is 1. The average Bonchev–Trinajstić information content (AvgIpc) is 3.24. The summed E-state index contributed by atoms with van der Waals surface area (Å²) in [4.78, 5) is 40.0. The minimum atomic E-state index is -0.651. The van der Waals surface area contributed by atoms with Gasteiger partial charge in [-0.1, -0.05) is 75.5 Å². The number of nitrogens with one attached hydrogen (secondary N) is 1. The van der Waals surface area contributed by atoms with Gasteiger partial charge < -0.3 is 15.0 Å². The van der Waals surface area contributed by atoms with E-state index in [2.05, 4.69) is 12.2 Å². The first-order valence-electron chi connectivity index (χ1n) is 13.5. The number of unbranched alkanes of at least 4 members (excludes halogenated alkanes) is 2. The molecule has 0 saturated carbocycles. The van der Waals surface area contributed by atoms with Crippen molar-refractivity contribution >= 4 is 35.1 Å². The van der Waals surface area contributed by atoms with E-state index in [4.69, 9.17) is 16.3 Å². The summed E-state index contributed by atoms with van der Waals surface area (Å²) in [6.07, 6.45) is 4.55. The van der Waals surface area contributed by atoms with Gasteiger partial charge in [-0.2, -0.15) is 0 Å². The molecule has 204 valence electrons. The van der Waals surface area contributed by atoms with Crippen LogP contribution in [0.25, 0.3) is 11.1 Å². The molecule has 3 aromatic rings. The Hall–Kier alpha value is -3.64. The van der Waals surface area contributed by atoms with E-state index in [1.54, 1.807) is 17.0 Å². The number of nitrogens with zero attached hydrogens (tertiary/aromatic N) is 1. The number of esters is 1. The Morgan fingerprint density at radius 2 is 1.74 bits per heavy atom. The number of anilines is 1. The van der Waals surface area contributed by atoms with Gasteiger partial charge in [-0.25, -0.2) is 4.79 Å². The van der Waals surface area contributed by atoms with Gasteiger partial charge in [0.15, 0.2) is 0 Å². The molecule has 3 aromatic carbocycles. The molecule has 2 amide bonds. The number of aryl methyl sites for hydroxylation is 1. The lowest BCUT2D eigenvalue weighted by Gasteiger charge is -2.28. The Kier molecular flexibility index (Phi) is 9.08. The first-order chi connectivity index (χ1) is 18.7. The van der Waals surface area contributed by atoms with E-state index < -0.39 is 12.0 Å². The molecule has 0 aromatic heterocycles. The summed E-state index contributed by atoms with van der Waals surface area (Å²) in [6.45, 7) is 6.33. The van der Waals surface area contributed by atoms with E-state index in [9.17, 15) is 14.4 Å². The number of fused-ring (bicyclic) bond motifs is 1. The number of carbonyl (C=O) groups is 3. The predicted molar refractivity (Wildman–Crippen MR) is 155 cm³/mol. The summed E-state index contributed by atoms with van der Waals surface area (Å²) in [5.41, 5.74) is 5.33. The molecule has 0 aliphatic carbocycles. The molecule has 1 atom stereocenters. The second-order valence-electron chi connectivity index (χ2n) is 10.3. The number of ether oxygens (including phenoxy) is 1. The van der Waals surface area contributed by atoms with Gasteiger partial charge in [0.05, 0.1) is 12.1 Å². The lowest BCUT2D eigenvalue weighted by molar-refractivity contribution is -0.147. The van der Waals surface area contributed by atoms with Crippen LogP contribution in [-0.4, -0.2) is 35.8 Å². The first kappa shape index (κ1) is 28.4. The molecule has 0 bridgehead atoms. The Morgan fingerprint density at radius 1 is 1.00 bits per heavy atom. The summed E-state index contributed by atoms with van der Waals surface area (Å²) < 4.78 is 4.95. The Labute approximate surface area is 235 Å². The van der Waals surface area contributed by atoms with Gasteiger partial charge in [-0.3, -0.25) is 9.59 Å². The lowest BCUT2D eigenvalue weighted by Crippen LogP contribution is -2.45. The Morgan fingerprint density at radius 3 is 2.38 bits per heavy atom. The SMILES string of the molecule is CCCCCc1ccc(C(=O)Nc2ccc(-c3ccc4c(c3)C(=O)N(C(C(=O)OC)C(C)C)C4)c(Cl)c2)cc1. The molecule has 1 aliphatic heterocycles. The summed E-state index contributed by atoms with van der Waals surface area (Å²) in [7, 11) is 1.34. The first-order valence-corrected chi connectivity index (χ1v) is 13.8. The minimum Gasteiger partial charge on any atom is -0.467 e. The zero-order chi connectivity index (χ0) is 28.1. The van der Waals surface area contributed by atoms with Crippen LogP contribution in [0.3, 0.4) is 0 Å². The van der Waals surface area contributed by atoms with Gasteiger partial charge in [0.2, 0.25) is 0 Å². The highest BCUT2D eigenvalue weighted by Crippen LogP contribution is 2.35. The zero-order valence-electron chi connectivity index (χ0n) is 22.9.